The zero-order valence-corrected chi connectivity index (χ0v) is 33.4. The van der Waals surface area contributed by atoms with Crippen molar-refractivity contribution in [1.82, 2.24) is 31.9 Å². The molecule has 0 aliphatic rings. The number of rotatable bonds is 30. The van der Waals surface area contributed by atoms with Crippen molar-refractivity contribution in [3.8, 4) is 0 Å². The van der Waals surface area contributed by atoms with Crippen molar-refractivity contribution >= 4 is 65.2 Å². The van der Waals surface area contributed by atoms with Crippen LogP contribution in [0, 0.1) is 5.92 Å². The lowest BCUT2D eigenvalue weighted by molar-refractivity contribution is -0.142. The van der Waals surface area contributed by atoms with Crippen molar-refractivity contribution in [1.29, 1.82) is 0 Å². The molecule has 7 atom stereocenters. The number of hydrogen-bond acceptors (Lipinski definition) is 14. The number of nitrogens with zero attached hydrogens (tertiary/aromatic N) is 2. The smallest absolute Gasteiger partial charge is 0.326 e. The van der Waals surface area contributed by atoms with E-state index in [1.807, 2.05) is 5.32 Å². The second-order valence-electron chi connectivity index (χ2n) is 13.8. The Hall–Kier alpha value is -6.35. The molecule has 0 rings (SSSR count). The van der Waals surface area contributed by atoms with Crippen molar-refractivity contribution in [2.24, 2.45) is 50.3 Å². The van der Waals surface area contributed by atoms with Gasteiger partial charge in [-0.25, -0.2) is 4.79 Å². The van der Waals surface area contributed by atoms with Gasteiger partial charge in [-0.3, -0.25) is 48.3 Å². The van der Waals surface area contributed by atoms with Crippen molar-refractivity contribution in [3.05, 3.63) is 0 Å². The van der Waals surface area contributed by atoms with Crippen LogP contribution in [0.2, 0.25) is 0 Å². The molecule has 0 radical (unpaired) electrons. The van der Waals surface area contributed by atoms with Gasteiger partial charge in [0.2, 0.25) is 41.4 Å². The van der Waals surface area contributed by atoms with Gasteiger partial charge >= 0.3 is 11.9 Å². The van der Waals surface area contributed by atoms with E-state index in [9.17, 15) is 63.6 Å². The summed E-state index contributed by atoms with van der Waals surface area (Å²) in [5, 5.41) is 52.2. The van der Waals surface area contributed by atoms with Gasteiger partial charge in [0.1, 0.15) is 36.3 Å². The molecule has 0 saturated heterocycles. The highest BCUT2D eigenvalue weighted by Gasteiger charge is 2.34. The summed E-state index contributed by atoms with van der Waals surface area (Å²) in [6.45, 7) is 1.30. The minimum Gasteiger partial charge on any atom is -0.481 e. The molecule has 22 N–H and O–H groups in total. The Kier molecular flexibility index (Phi) is 25.2. The first kappa shape index (κ1) is 53.6. The van der Waals surface area contributed by atoms with Gasteiger partial charge in [-0.1, -0.05) is 13.8 Å². The van der Waals surface area contributed by atoms with E-state index in [1.165, 1.54) is 0 Å². The summed E-state index contributed by atoms with van der Waals surface area (Å²) >= 11 is 0. The van der Waals surface area contributed by atoms with Gasteiger partial charge in [-0.15, -0.1) is 0 Å². The predicted octanol–water partition coefficient (Wildman–Crippen LogP) is -7.81. The van der Waals surface area contributed by atoms with Crippen LogP contribution in [0.1, 0.15) is 65.2 Å². The second kappa shape index (κ2) is 28.1. The Morgan fingerprint density at radius 2 is 0.917 bits per heavy atom. The van der Waals surface area contributed by atoms with Crippen LogP contribution < -0.4 is 66.3 Å². The molecule has 0 aromatic rings. The number of aliphatic carboxylic acids is 2. The SMILES string of the molecule is CC(C)C[C@H](NC(=O)[C@H](CC(=O)O)NC(=O)[C@H](CO)NC(=O)[C@H](CO)NC(=O)[C@@H](N)CCC(N)=O)C(=O)N[C@@H](CCCN=C(N)N)C(=O)N[C@@H](CCCN=C(N)N)C(=O)O. The van der Waals surface area contributed by atoms with Gasteiger partial charge in [0, 0.05) is 19.5 Å². The van der Waals surface area contributed by atoms with E-state index in [4.69, 9.17) is 34.4 Å². The summed E-state index contributed by atoms with van der Waals surface area (Å²) in [4.78, 5) is 121. The number of amides is 7. The van der Waals surface area contributed by atoms with Gasteiger partial charge < -0.3 is 86.7 Å². The molecular weight excluding hydrogens is 800 g/mol. The largest absolute Gasteiger partial charge is 0.481 e. The molecule has 0 unspecified atom stereocenters. The lowest BCUT2D eigenvalue weighted by Gasteiger charge is -2.27. The monoisotopic (exact) mass is 860 g/mol. The first-order valence-electron chi connectivity index (χ1n) is 18.7. The number of guanidine groups is 2. The summed E-state index contributed by atoms with van der Waals surface area (Å²) in [5.74, 6) is -11.0. The molecule has 7 amide bonds. The molecule has 60 heavy (non-hydrogen) atoms. The molecule has 0 spiro atoms. The minimum absolute atomic E-state index is 0.0166. The van der Waals surface area contributed by atoms with Crippen LogP contribution in [0.3, 0.4) is 0 Å². The van der Waals surface area contributed by atoms with Crippen LogP contribution in [-0.4, -0.2) is 154 Å². The Morgan fingerprint density at radius 1 is 0.533 bits per heavy atom. The fourth-order valence-electron chi connectivity index (χ4n) is 5.08. The number of aliphatic hydroxyl groups excluding tert-OH is 2. The van der Waals surface area contributed by atoms with Crippen LogP contribution in [0.5, 0.6) is 0 Å². The molecule has 0 fully saturated rings. The highest BCUT2D eigenvalue weighted by molar-refractivity contribution is 5.98. The van der Waals surface area contributed by atoms with Crippen molar-refractivity contribution in [3.63, 3.8) is 0 Å². The quantitative estimate of drug-likeness (QED) is 0.0181. The van der Waals surface area contributed by atoms with Gasteiger partial charge in [0.25, 0.3) is 0 Å². The van der Waals surface area contributed by atoms with Gasteiger partial charge in [-0.05, 0) is 44.4 Å². The molecule has 0 aromatic heterocycles. The van der Waals surface area contributed by atoms with Crippen LogP contribution in [0.4, 0.5) is 0 Å². The predicted molar refractivity (Wildman–Crippen MR) is 211 cm³/mol. The fraction of sp³-hybridized carbons (Fsp3) is 0.667. The molecular formula is C33H60N14O13. The van der Waals surface area contributed by atoms with E-state index in [0.29, 0.717) is 0 Å². The molecule has 0 heterocycles. The first-order valence-corrected chi connectivity index (χ1v) is 18.7. The van der Waals surface area contributed by atoms with Crippen LogP contribution >= 0.6 is 0 Å². The lowest BCUT2D eigenvalue weighted by atomic mass is 10.0. The van der Waals surface area contributed by atoms with Crippen molar-refractivity contribution in [2.75, 3.05) is 26.3 Å². The van der Waals surface area contributed by atoms with Crippen LogP contribution in [0.15, 0.2) is 9.98 Å². The Labute approximate surface area is 344 Å². The van der Waals surface area contributed by atoms with E-state index < -0.39 is 115 Å². The molecule has 340 valence electrons. The van der Waals surface area contributed by atoms with Gasteiger partial charge in [0.15, 0.2) is 11.9 Å². The minimum atomic E-state index is -1.92. The van der Waals surface area contributed by atoms with Gasteiger partial charge in [-0.2, -0.15) is 0 Å². The fourth-order valence-corrected chi connectivity index (χ4v) is 5.08. The molecule has 27 heteroatoms. The van der Waals surface area contributed by atoms with E-state index in [-0.39, 0.29) is 75.9 Å². The third-order valence-electron chi connectivity index (χ3n) is 8.16. The number of aliphatic hydroxyl groups is 2. The summed E-state index contributed by atoms with van der Waals surface area (Å²) in [6, 6.07) is -11.1. The summed E-state index contributed by atoms with van der Waals surface area (Å²) in [5.41, 5.74) is 32.0. The van der Waals surface area contributed by atoms with Crippen LogP contribution in [-0.2, 0) is 43.2 Å². The number of aliphatic imine (C=N–C) groups is 2. The summed E-state index contributed by atoms with van der Waals surface area (Å²) < 4.78 is 0. The highest BCUT2D eigenvalue weighted by atomic mass is 16.4. The van der Waals surface area contributed by atoms with Crippen molar-refractivity contribution < 1.29 is 63.6 Å². The highest BCUT2D eigenvalue weighted by Crippen LogP contribution is 2.10. The number of carboxylic acids is 2. The maximum atomic E-state index is 13.7. The van der Waals surface area contributed by atoms with Crippen molar-refractivity contribution in [2.45, 2.75) is 108 Å². The Balaban J connectivity index is 6.18. The first-order chi connectivity index (χ1) is 28.0. The number of nitrogens with two attached hydrogens (primary N) is 6. The number of hydrogen-bond donors (Lipinski definition) is 16. The Bertz CT molecular complexity index is 1550. The summed E-state index contributed by atoms with van der Waals surface area (Å²) in [6.07, 6.45) is -1.54. The molecule has 0 bridgehead atoms. The van der Waals surface area contributed by atoms with E-state index in [2.05, 4.69) is 36.6 Å². The average molecular weight is 861 g/mol. The van der Waals surface area contributed by atoms with Crippen LogP contribution in [0.25, 0.3) is 0 Å². The molecule has 0 aliphatic heterocycles. The number of primary amides is 1. The average Bonchev–Trinajstić information content (AvgIpc) is 3.15. The number of carbonyl (C=O) groups excluding carboxylic acids is 7. The second-order valence-corrected chi connectivity index (χ2v) is 13.8. The zero-order valence-electron chi connectivity index (χ0n) is 33.4. The van der Waals surface area contributed by atoms with Gasteiger partial charge in [0.05, 0.1) is 25.7 Å². The lowest BCUT2D eigenvalue weighted by Crippen LogP contribution is -2.61. The normalized spacial score (nSPS) is 14.3. The van der Waals surface area contributed by atoms with E-state index in [0.717, 1.165) is 0 Å². The number of nitrogens with one attached hydrogen (secondary N) is 6. The summed E-state index contributed by atoms with van der Waals surface area (Å²) in [7, 11) is 0. The molecule has 0 aromatic carbocycles. The topological polar surface area (TPSA) is 488 Å². The zero-order chi connectivity index (χ0) is 46.1. The molecule has 0 aliphatic carbocycles. The molecule has 0 saturated carbocycles. The Morgan fingerprint density at radius 3 is 1.35 bits per heavy atom. The maximum Gasteiger partial charge on any atom is 0.326 e. The number of carboxylic acid groups (broad SMARTS) is 2. The molecule has 27 nitrogen and oxygen atoms in total. The number of carbonyl (C=O) groups is 9. The standard InChI is InChI=1S/C33H60N14O13/c1-15(2)11-19(27(55)42-17(5-3-9-40-32(36)37)26(54)43-18(31(59)60)6-4-10-41-33(38)39)44-28(56)20(12-24(51)52)45-29(57)22(14-49)47-30(58)21(13-48)46-25(53)16(34)7-8-23(35)50/h15-22,48-49H,3-14,34H2,1-2H3,(H2,35,50)(H,42,55)(H,43,54)(H,44,56)(H,45,57)(H,46,53)(H,47,58)(H,51,52)(H,59,60)(H4,36,37,40)(H4,38,39,41)/t16-,17-,18-,19-,20-,21-,22-/m0/s1. The third kappa shape index (κ3) is 22.6. The third-order valence-corrected chi connectivity index (χ3v) is 8.16. The maximum absolute atomic E-state index is 13.7. The van der Waals surface area contributed by atoms with E-state index in [1.54, 1.807) is 13.8 Å². The van der Waals surface area contributed by atoms with E-state index >= 15 is 0 Å².